The van der Waals surface area contributed by atoms with Gasteiger partial charge in [0.15, 0.2) is 0 Å². The van der Waals surface area contributed by atoms with Crippen LogP contribution in [0.15, 0.2) is 48.0 Å². The van der Waals surface area contributed by atoms with Crippen molar-refractivity contribution >= 4 is 22.2 Å². The molecular formula is C19H22N2O2S. The van der Waals surface area contributed by atoms with Gasteiger partial charge in [-0.2, -0.15) is 0 Å². The minimum atomic E-state index is -0.415. The Morgan fingerprint density at radius 1 is 1.29 bits per heavy atom. The topological polar surface area (TPSA) is 48.5 Å². The fraction of sp³-hybridized carbons (Fsp3) is 0.368. The molecule has 0 bridgehead atoms. The van der Waals surface area contributed by atoms with Crippen LogP contribution in [0.4, 0.5) is 0 Å². The number of aliphatic hydroxyl groups is 1. The molecule has 1 aliphatic rings. The highest BCUT2D eigenvalue weighted by molar-refractivity contribution is 7.10. The summed E-state index contributed by atoms with van der Waals surface area (Å²) in [5.41, 5.74) is 2.50. The Morgan fingerprint density at radius 2 is 2.25 bits per heavy atom. The monoisotopic (exact) mass is 342 g/mol. The molecule has 4 nitrogen and oxygen atoms in total. The van der Waals surface area contributed by atoms with E-state index < -0.39 is 6.10 Å². The number of rotatable bonds is 5. The highest BCUT2D eigenvalue weighted by Crippen LogP contribution is 2.27. The van der Waals surface area contributed by atoms with Gasteiger partial charge in [-0.05, 0) is 35.6 Å². The van der Waals surface area contributed by atoms with Crippen LogP contribution in [0.25, 0.3) is 10.9 Å². The van der Waals surface area contributed by atoms with Gasteiger partial charge >= 0.3 is 0 Å². The SMILES string of the molecule is OC(CC1COCCN1Cc1cccc2[nH]ccc12)c1cccs1. The fourth-order valence-corrected chi connectivity index (χ4v) is 4.20. The number of ether oxygens (including phenoxy) is 1. The zero-order valence-electron chi connectivity index (χ0n) is 13.5. The molecule has 0 spiro atoms. The van der Waals surface area contributed by atoms with Crippen LogP contribution in [0.3, 0.4) is 0 Å². The summed E-state index contributed by atoms with van der Waals surface area (Å²) in [5.74, 6) is 0. The zero-order chi connectivity index (χ0) is 16.4. The molecule has 1 saturated heterocycles. The molecule has 5 heteroatoms. The minimum Gasteiger partial charge on any atom is -0.388 e. The van der Waals surface area contributed by atoms with E-state index in [1.807, 2.05) is 23.7 Å². The van der Waals surface area contributed by atoms with Gasteiger partial charge in [0.25, 0.3) is 0 Å². The van der Waals surface area contributed by atoms with Crippen molar-refractivity contribution in [3.8, 4) is 0 Å². The van der Waals surface area contributed by atoms with Crippen LogP contribution < -0.4 is 0 Å². The predicted octanol–water partition coefficient (Wildman–Crippen LogP) is 3.55. The largest absolute Gasteiger partial charge is 0.388 e. The number of aromatic nitrogens is 1. The third kappa shape index (κ3) is 3.26. The first-order valence-corrected chi connectivity index (χ1v) is 9.27. The predicted molar refractivity (Wildman–Crippen MR) is 97.2 cm³/mol. The number of aliphatic hydroxyl groups excluding tert-OH is 1. The molecule has 2 atom stereocenters. The first kappa shape index (κ1) is 15.8. The maximum atomic E-state index is 10.5. The van der Waals surface area contributed by atoms with E-state index in [1.165, 1.54) is 16.5 Å². The van der Waals surface area contributed by atoms with Crippen LogP contribution in [-0.4, -0.2) is 40.8 Å². The molecule has 2 N–H and O–H groups in total. The van der Waals surface area contributed by atoms with Crippen molar-refractivity contribution in [1.82, 2.24) is 9.88 Å². The van der Waals surface area contributed by atoms with Crippen molar-refractivity contribution in [2.75, 3.05) is 19.8 Å². The number of fused-ring (bicyclic) bond motifs is 1. The lowest BCUT2D eigenvalue weighted by Crippen LogP contribution is -2.45. The van der Waals surface area contributed by atoms with Crippen LogP contribution in [0.2, 0.25) is 0 Å². The van der Waals surface area contributed by atoms with Crippen molar-refractivity contribution in [1.29, 1.82) is 0 Å². The smallest absolute Gasteiger partial charge is 0.0897 e. The summed E-state index contributed by atoms with van der Waals surface area (Å²) >= 11 is 1.61. The van der Waals surface area contributed by atoms with Gasteiger partial charge in [0.1, 0.15) is 0 Å². The van der Waals surface area contributed by atoms with Gasteiger partial charge in [-0.3, -0.25) is 4.90 Å². The number of nitrogens with zero attached hydrogens (tertiary/aromatic N) is 1. The molecule has 1 aliphatic heterocycles. The summed E-state index contributed by atoms with van der Waals surface area (Å²) in [6.45, 7) is 3.24. The normalized spacial score (nSPS) is 20.5. The molecule has 24 heavy (non-hydrogen) atoms. The molecule has 1 aromatic carbocycles. The maximum Gasteiger partial charge on any atom is 0.0897 e. The van der Waals surface area contributed by atoms with E-state index in [0.717, 1.165) is 24.6 Å². The van der Waals surface area contributed by atoms with E-state index in [2.05, 4.69) is 34.1 Å². The number of benzene rings is 1. The van der Waals surface area contributed by atoms with Gasteiger partial charge in [0.05, 0.1) is 19.3 Å². The molecule has 2 aromatic heterocycles. The number of H-pyrrole nitrogens is 1. The number of thiophene rings is 1. The second-order valence-electron chi connectivity index (χ2n) is 6.32. The Labute approximate surface area is 145 Å². The lowest BCUT2D eigenvalue weighted by atomic mass is 10.0. The average Bonchev–Trinajstić information content (AvgIpc) is 3.28. The van der Waals surface area contributed by atoms with Crippen molar-refractivity contribution in [3.05, 3.63) is 58.4 Å². The summed E-state index contributed by atoms with van der Waals surface area (Å²) in [4.78, 5) is 6.76. The van der Waals surface area contributed by atoms with Gasteiger partial charge in [0.2, 0.25) is 0 Å². The Kier molecular flexibility index (Phi) is 4.67. The summed E-state index contributed by atoms with van der Waals surface area (Å²) in [5, 5.41) is 13.8. The molecule has 0 radical (unpaired) electrons. The Hall–Kier alpha value is -1.66. The van der Waals surface area contributed by atoms with Gasteiger partial charge in [-0.15, -0.1) is 11.3 Å². The highest BCUT2D eigenvalue weighted by Gasteiger charge is 2.26. The third-order valence-electron chi connectivity index (χ3n) is 4.78. The number of nitrogens with one attached hydrogen (secondary N) is 1. The fourth-order valence-electron chi connectivity index (χ4n) is 3.48. The van der Waals surface area contributed by atoms with Gasteiger partial charge in [0, 0.05) is 41.1 Å². The molecule has 0 saturated carbocycles. The van der Waals surface area contributed by atoms with Gasteiger partial charge < -0.3 is 14.8 Å². The quantitative estimate of drug-likeness (QED) is 0.745. The van der Waals surface area contributed by atoms with E-state index in [4.69, 9.17) is 4.74 Å². The average molecular weight is 342 g/mol. The van der Waals surface area contributed by atoms with Crippen molar-refractivity contribution in [2.24, 2.45) is 0 Å². The summed E-state index contributed by atoms with van der Waals surface area (Å²) < 4.78 is 5.69. The molecule has 3 heterocycles. The van der Waals surface area contributed by atoms with E-state index in [0.29, 0.717) is 13.0 Å². The Morgan fingerprint density at radius 3 is 3.12 bits per heavy atom. The molecule has 4 rings (SSSR count). The lowest BCUT2D eigenvalue weighted by molar-refractivity contribution is -0.0294. The van der Waals surface area contributed by atoms with Crippen LogP contribution in [0.1, 0.15) is 23.0 Å². The number of morpholine rings is 1. The molecule has 0 amide bonds. The molecule has 3 aromatic rings. The van der Waals surface area contributed by atoms with E-state index in [-0.39, 0.29) is 6.04 Å². The standard InChI is InChI=1S/C19H22N2O2S/c22-18(19-5-2-10-24-19)11-15-13-23-9-8-21(15)12-14-3-1-4-17-16(14)6-7-20-17/h1-7,10,15,18,20,22H,8-9,11-13H2. The van der Waals surface area contributed by atoms with Crippen molar-refractivity contribution in [3.63, 3.8) is 0 Å². The molecule has 0 aliphatic carbocycles. The second-order valence-corrected chi connectivity index (χ2v) is 7.30. The number of hydrogen-bond donors (Lipinski definition) is 2. The lowest BCUT2D eigenvalue weighted by Gasteiger charge is -2.36. The third-order valence-corrected chi connectivity index (χ3v) is 5.75. The van der Waals surface area contributed by atoms with Crippen LogP contribution in [0, 0.1) is 0 Å². The molecule has 1 fully saturated rings. The second kappa shape index (κ2) is 7.07. The van der Waals surface area contributed by atoms with Gasteiger partial charge in [-0.1, -0.05) is 18.2 Å². The summed E-state index contributed by atoms with van der Waals surface area (Å²) in [6.07, 6.45) is 2.29. The van der Waals surface area contributed by atoms with E-state index >= 15 is 0 Å². The van der Waals surface area contributed by atoms with Crippen LogP contribution in [-0.2, 0) is 11.3 Å². The maximum absolute atomic E-state index is 10.5. The molecule has 126 valence electrons. The molecule has 2 unspecified atom stereocenters. The number of hydrogen-bond acceptors (Lipinski definition) is 4. The van der Waals surface area contributed by atoms with E-state index in [1.54, 1.807) is 11.3 Å². The summed E-state index contributed by atoms with van der Waals surface area (Å²) in [6, 6.07) is 12.8. The zero-order valence-corrected chi connectivity index (χ0v) is 14.3. The minimum absolute atomic E-state index is 0.241. The number of aromatic amines is 1. The van der Waals surface area contributed by atoms with Crippen molar-refractivity contribution in [2.45, 2.75) is 25.1 Å². The molecular weight excluding hydrogens is 320 g/mol. The first-order valence-electron chi connectivity index (χ1n) is 8.39. The van der Waals surface area contributed by atoms with E-state index in [9.17, 15) is 5.11 Å². The summed E-state index contributed by atoms with van der Waals surface area (Å²) in [7, 11) is 0. The Balaban J connectivity index is 1.50. The Bertz CT molecular complexity index is 784. The van der Waals surface area contributed by atoms with Gasteiger partial charge in [-0.25, -0.2) is 0 Å². The van der Waals surface area contributed by atoms with Crippen molar-refractivity contribution < 1.29 is 9.84 Å². The van der Waals surface area contributed by atoms with Crippen LogP contribution >= 0.6 is 11.3 Å². The first-order chi connectivity index (χ1) is 11.8. The van der Waals surface area contributed by atoms with Crippen LogP contribution in [0.5, 0.6) is 0 Å². The highest BCUT2D eigenvalue weighted by atomic mass is 32.1.